The van der Waals surface area contributed by atoms with Crippen LogP contribution in [0.1, 0.15) is 44.9 Å². The van der Waals surface area contributed by atoms with Crippen molar-refractivity contribution in [1.82, 2.24) is 4.57 Å². The van der Waals surface area contributed by atoms with Gasteiger partial charge in [0.1, 0.15) is 12.4 Å². The molecule has 0 saturated heterocycles. The van der Waals surface area contributed by atoms with Crippen molar-refractivity contribution in [2.75, 3.05) is 20.3 Å². The van der Waals surface area contributed by atoms with Crippen LogP contribution in [0, 0.1) is 0 Å². The lowest BCUT2D eigenvalue weighted by Crippen LogP contribution is -2.40. The number of benzene rings is 2. The second-order valence-electron chi connectivity index (χ2n) is 9.02. The van der Waals surface area contributed by atoms with Crippen LogP contribution in [0.2, 0.25) is 0 Å². The normalized spacial score (nSPS) is 15.0. The van der Waals surface area contributed by atoms with E-state index in [1.165, 1.54) is 11.3 Å². The Morgan fingerprint density at radius 2 is 1.95 bits per heavy atom. The number of allylic oxidation sites excluding steroid dienone is 1. The molecule has 0 radical (unpaired) electrons. The molecule has 0 fully saturated rings. The summed E-state index contributed by atoms with van der Waals surface area (Å²) in [5.74, 6) is 1.17. The largest absolute Gasteiger partial charge is 0.493 e. The van der Waals surface area contributed by atoms with E-state index >= 15 is 0 Å². The standard InChI is InChI=1S/C30H32N2O6S/c1-7-15-37-22-12-10-9-11-20(22)17-25-28(33)32-27(21-13-14-23(38-18(3)4)24(16-21)35-6)26(29(34)36-8-2)19(5)31-30(32)39-25/h7,9-14,16-18,27H,1,8,15H2,2-6H3/b25-17-/t27-/m0/s1. The van der Waals surface area contributed by atoms with Gasteiger partial charge >= 0.3 is 5.97 Å². The number of methoxy groups -OCH3 is 1. The molecule has 39 heavy (non-hydrogen) atoms. The molecule has 3 aromatic rings. The van der Waals surface area contributed by atoms with Crippen LogP contribution < -0.4 is 29.1 Å². The van der Waals surface area contributed by atoms with Crippen LogP contribution >= 0.6 is 11.3 Å². The van der Waals surface area contributed by atoms with Crippen molar-refractivity contribution in [3.8, 4) is 17.2 Å². The number of aromatic nitrogens is 1. The fourth-order valence-corrected chi connectivity index (χ4v) is 5.37. The number of hydrogen-bond acceptors (Lipinski definition) is 8. The van der Waals surface area contributed by atoms with E-state index in [0.29, 0.717) is 50.0 Å². The molecule has 2 aromatic carbocycles. The highest BCUT2D eigenvalue weighted by molar-refractivity contribution is 7.07. The number of thiazole rings is 1. The molecule has 4 rings (SSSR count). The summed E-state index contributed by atoms with van der Waals surface area (Å²) < 4.78 is 24.6. The molecule has 9 heteroatoms. The van der Waals surface area contributed by atoms with Gasteiger partial charge in [-0.2, -0.15) is 0 Å². The van der Waals surface area contributed by atoms with Gasteiger partial charge in [-0.25, -0.2) is 9.79 Å². The van der Waals surface area contributed by atoms with Gasteiger partial charge in [-0.3, -0.25) is 9.36 Å². The lowest BCUT2D eigenvalue weighted by molar-refractivity contribution is -0.139. The van der Waals surface area contributed by atoms with E-state index in [2.05, 4.69) is 11.6 Å². The molecule has 0 amide bonds. The number of para-hydroxylation sites is 1. The zero-order chi connectivity index (χ0) is 28.1. The first-order valence-electron chi connectivity index (χ1n) is 12.7. The molecule has 2 heterocycles. The summed E-state index contributed by atoms with van der Waals surface area (Å²) >= 11 is 1.25. The maximum atomic E-state index is 13.9. The van der Waals surface area contributed by atoms with Crippen LogP contribution in [-0.4, -0.2) is 37.0 Å². The van der Waals surface area contributed by atoms with E-state index < -0.39 is 12.0 Å². The first kappa shape index (κ1) is 27.9. The molecular weight excluding hydrogens is 516 g/mol. The molecular formula is C30H32N2O6S. The maximum absolute atomic E-state index is 13.9. The molecule has 0 saturated carbocycles. The van der Waals surface area contributed by atoms with E-state index in [1.807, 2.05) is 44.2 Å². The molecule has 204 valence electrons. The quantitative estimate of drug-likeness (QED) is 0.279. The Morgan fingerprint density at radius 1 is 1.18 bits per heavy atom. The van der Waals surface area contributed by atoms with Crippen molar-refractivity contribution in [3.63, 3.8) is 0 Å². The van der Waals surface area contributed by atoms with E-state index in [-0.39, 0.29) is 18.3 Å². The summed E-state index contributed by atoms with van der Waals surface area (Å²) in [5, 5.41) is 0. The van der Waals surface area contributed by atoms with Crippen LogP contribution in [0.25, 0.3) is 6.08 Å². The predicted octanol–water partition coefficient (Wildman–Crippen LogP) is 4.16. The lowest BCUT2D eigenvalue weighted by atomic mass is 9.95. The SMILES string of the molecule is C=CCOc1ccccc1/C=c1\sc2n(c1=O)[C@@H](c1ccc(OC(C)C)c(OC)c1)C(C(=O)OCC)=C(C)N=2. The Bertz CT molecular complexity index is 1600. The molecule has 1 atom stereocenters. The fraction of sp³-hybridized carbons (Fsp3) is 0.300. The molecule has 1 aliphatic heterocycles. The van der Waals surface area contributed by atoms with Crippen molar-refractivity contribution in [2.45, 2.75) is 39.8 Å². The highest BCUT2D eigenvalue weighted by Crippen LogP contribution is 2.36. The minimum absolute atomic E-state index is 0.0574. The summed E-state index contributed by atoms with van der Waals surface area (Å²) in [7, 11) is 1.55. The number of fused-ring (bicyclic) bond motifs is 1. The van der Waals surface area contributed by atoms with E-state index in [1.54, 1.807) is 49.8 Å². The molecule has 1 aromatic heterocycles. The monoisotopic (exact) mass is 548 g/mol. The number of ether oxygens (including phenoxy) is 4. The second kappa shape index (κ2) is 12.2. The molecule has 1 aliphatic rings. The number of nitrogens with zero attached hydrogens (tertiary/aromatic N) is 2. The molecule has 0 spiro atoms. The van der Waals surface area contributed by atoms with Crippen molar-refractivity contribution >= 4 is 23.4 Å². The van der Waals surface area contributed by atoms with Gasteiger partial charge in [-0.15, -0.1) is 0 Å². The van der Waals surface area contributed by atoms with Gasteiger partial charge in [-0.05, 0) is 57.5 Å². The summed E-state index contributed by atoms with van der Waals surface area (Å²) in [6, 6.07) is 12.1. The van der Waals surface area contributed by atoms with Crippen LogP contribution in [0.15, 0.2) is 76.2 Å². The van der Waals surface area contributed by atoms with Gasteiger partial charge in [0.25, 0.3) is 5.56 Å². The van der Waals surface area contributed by atoms with Crippen molar-refractivity contribution in [2.24, 2.45) is 4.99 Å². The first-order valence-corrected chi connectivity index (χ1v) is 13.5. The van der Waals surface area contributed by atoms with Crippen LogP contribution in [0.3, 0.4) is 0 Å². The van der Waals surface area contributed by atoms with E-state index in [9.17, 15) is 9.59 Å². The molecule has 8 nitrogen and oxygen atoms in total. The molecule has 0 aliphatic carbocycles. The van der Waals surface area contributed by atoms with Crippen LogP contribution in [-0.2, 0) is 9.53 Å². The Hall–Kier alpha value is -4.11. The zero-order valence-corrected chi connectivity index (χ0v) is 23.5. The smallest absolute Gasteiger partial charge is 0.338 e. The van der Waals surface area contributed by atoms with E-state index in [4.69, 9.17) is 18.9 Å². The van der Waals surface area contributed by atoms with Crippen molar-refractivity contribution in [3.05, 3.63) is 97.2 Å². The van der Waals surface area contributed by atoms with Crippen LogP contribution in [0.5, 0.6) is 17.2 Å². The van der Waals surface area contributed by atoms with Gasteiger partial charge in [0, 0.05) is 5.56 Å². The molecule has 0 N–H and O–H groups in total. The van der Waals surface area contributed by atoms with Gasteiger partial charge in [0.15, 0.2) is 16.3 Å². The minimum Gasteiger partial charge on any atom is -0.493 e. The number of esters is 1. The fourth-order valence-electron chi connectivity index (χ4n) is 4.33. The van der Waals surface area contributed by atoms with Crippen LogP contribution in [0.4, 0.5) is 0 Å². The second-order valence-corrected chi connectivity index (χ2v) is 10.0. The maximum Gasteiger partial charge on any atom is 0.338 e. The number of carbonyl (C=O) groups excluding carboxylic acids is 1. The molecule has 0 unspecified atom stereocenters. The van der Waals surface area contributed by atoms with E-state index in [0.717, 1.165) is 5.56 Å². The van der Waals surface area contributed by atoms with Gasteiger partial charge in [0.2, 0.25) is 0 Å². The zero-order valence-electron chi connectivity index (χ0n) is 22.7. The highest BCUT2D eigenvalue weighted by atomic mass is 32.1. The first-order chi connectivity index (χ1) is 18.8. The summed E-state index contributed by atoms with van der Waals surface area (Å²) in [6.45, 7) is 11.6. The third-order valence-electron chi connectivity index (χ3n) is 5.95. The highest BCUT2D eigenvalue weighted by Gasteiger charge is 2.34. The van der Waals surface area contributed by atoms with Crippen molar-refractivity contribution in [1.29, 1.82) is 0 Å². The third-order valence-corrected chi connectivity index (χ3v) is 6.93. The number of hydrogen-bond donors (Lipinski definition) is 0. The predicted molar refractivity (Wildman–Crippen MR) is 151 cm³/mol. The Balaban J connectivity index is 1.93. The summed E-state index contributed by atoms with van der Waals surface area (Å²) in [4.78, 5) is 32.2. The Morgan fingerprint density at radius 3 is 2.64 bits per heavy atom. The van der Waals surface area contributed by atoms with Gasteiger partial charge in [0.05, 0.1) is 41.7 Å². The summed E-state index contributed by atoms with van der Waals surface area (Å²) in [5.41, 5.74) is 1.92. The third kappa shape index (κ3) is 5.83. The average molecular weight is 549 g/mol. The molecule has 0 bridgehead atoms. The topological polar surface area (TPSA) is 88.3 Å². The summed E-state index contributed by atoms with van der Waals surface area (Å²) in [6.07, 6.45) is 3.39. The van der Waals surface area contributed by atoms with Crippen molar-refractivity contribution < 1.29 is 23.7 Å². The number of carbonyl (C=O) groups is 1. The Kier molecular flexibility index (Phi) is 8.71. The van der Waals surface area contributed by atoms with Gasteiger partial charge < -0.3 is 18.9 Å². The number of rotatable bonds is 10. The average Bonchev–Trinajstić information content (AvgIpc) is 3.21. The Labute approximate surface area is 231 Å². The minimum atomic E-state index is -0.767. The van der Waals surface area contributed by atoms with Gasteiger partial charge in [-0.1, -0.05) is 48.3 Å². The lowest BCUT2D eigenvalue weighted by Gasteiger charge is -2.25.